The summed E-state index contributed by atoms with van der Waals surface area (Å²) >= 11 is 0. The van der Waals surface area contributed by atoms with Crippen LogP contribution in [0.15, 0.2) is 48.5 Å². The lowest BCUT2D eigenvalue weighted by molar-refractivity contribution is 0.0924. The summed E-state index contributed by atoms with van der Waals surface area (Å²) in [6, 6.07) is 16.4. The van der Waals surface area contributed by atoms with Crippen LogP contribution in [-0.4, -0.2) is 36.5 Å². The van der Waals surface area contributed by atoms with Crippen molar-refractivity contribution in [1.82, 2.24) is 10.2 Å². The Kier molecular flexibility index (Phi) is 4.12. The Labute approximate surface area is 146 Å². The van der Waals surface area contributed by atoms with Gasteiger partial charge in [-0.2, -0.15) is 5.26 Å². The summed E-state index contributed by atoms with van der Waals surface area (Å²) in [6.45, 7) is 3.25. The van der Waals surface area contributed by atoms with Crippen molar-refractivity contribution in [3.05, 3.63) is 59.7 Å². The van der Waals surface area contributed by atoms with Crippen LogP contribution in [0.3, 0.4) is 0 Å². The van der Waals surface area contributed by atoms with E-state index in [-0.39, 0.29) is 11.9 Å². The summed E-state index contributed by atoms with van der Waals surface area (Å²) in [6.07, 6.45) is 1.18. The van der Waals surface area contributed by atoms with Crippen molar-refractivity contribution in [2.24, 2.45) is 5.92 Å². The van der Waals surface area contributed by atoms with Crippen LogP contribution in [-0.2, 0) is 0 Å². The molecular weight excluding hydrogens is 314 g/mol. The van der Waals surface area contributed by atoms with Crippen molar-refractivity contribution in [3.8, 4) is 17.6 Å². The molecule has 1 N–H and O–H groups in total. The first-order valence-corrected chi connectivity index (χ1v) is 8.52. The maximum Gasteiger partial charge on any atom is 0.251 e. The van der Waals surface area contributed by atoms with Gasteiger partial charge in [-0.3, -0.25) is 4.79 Å². The lowest BCUT2D eigenvalue weighted by atomic mass is 9.99. The highest BCUT2D eigenvalue weighted by Gasteiger charge is 2.38. The van der Waals surface area contributed by atoms with Crippen molar-refractivity contribution in [2.45, 2.75) is 12.5 Å². The predicted molar refractivity (Wildman–Crippen MR) is 93.5 cm³/mol. The van der Waals surface area contributed by atoms with Crippen molar-refractivity contribution in [3.63, 3.8) is 0 Å². The molecule has 126 valence electrons. The van der Waals surface area contributed by atoms with Gasteiger partial charge in [0.15, 0.2) is 0 Å². The topological polar surface area (TPSA) is 65.4 Å². The van der Waals surface area contributed by atoms with Gasteiger partial charge < -0.3 is 15.0 Å². The third-order valence-electron chi connectivity index (χ3n) is 4.98. The number of amides is 1. The number of nitrogens with one attached hydrogen (secondary N) is 1. The molecule has 2 aromatic rings. The van der Waals surface area contributed by atoms with Gasteiger partial charge in [0.25, 0.3) is 5.91 Å². The second-order valence-corrected chi connectivity index (χ2v) is 6.65. The van der Waals surface area contributed by atoms with E-state index < -0.39 is 0 Å². The van der Waals surface area contributed by atoms with Crippen molar-refractivity contribution in [2.75, 3.05) is 19.6 Å². The number of piperidine rings is 1. The lowest BCUT2D eigenvalue weighted by Gasteiger charge is -2.23. The Bertz CT molecular complexity index is 808. The SMILES string of the molecule is N#Cc1ccc(Oc2ccc(C(=O)NC3CN4CCC3C4)cc2)cc1. The number of carbonyl (C=O) groups is 1. The molecule has 0 radical (unpaired) electrons. The fourth-order valence-electron chi connectivity index (χ4n) is 3.61. The Hall–Kier alpha value is -2.84. The average Bonchev–Trinajstić information content (AvgIpc) is 3.26. The molecule has 0 saturated carbocycles. The van der Waals surface area contributed by atoms with E-state index in [4.69, 9.17) is 10.00 Å². The molecule has 0 spiro atoms. The van der Waals surface area contributed by atoms with Crippen molar-refractivity contribution < 1.29 is 9.53 Å². The number of ether oxygens (including phenoxy) is 1. The number of rotatable bonds is 4. The maximum atomic E-state index is 12.4. The lowest BCUT2D eigenvalue weighted by Crippen LogP contribution is -2.43. The molecule has 2 fully saturated rings. The van der Waals surface area contributed by atoms with Gasteiger partial charge in [-0.15, -0.1) is 0 Å². The monoisotopic (exact) mass is 333 g/mol. The minimum Gasteiger partial charge on any atom is -0.457 e. The van der Waals surface area contributed by atoms with Gasteiger partial charge in [-0.25, -0.2) is 0 Å². The zero-order chi connectivity index (χ0) is 17.2. The minimum atomic E-state index is -0.0244. The summed E-state index contributed by atoms with van der Waals surface area (Å²) in [5.41, 5.74) is 1.24. The van der Waals surface area contributed by atoms with Crippen LogP contribution in [0.25, 0.3) is 0 Å². The van der Waals surface area contributed by atoms with Crippen LogP contribution >= 0.6 is 0 Å². The number of hydrogen-bond donors (Lipinski definition) is 1. The first-order chi connectivity index (χ1) is 12.2. The average molecular weight is 333 g/mol. The van der Waals surface area contributed by atoms with Crippen LogP contribution in [0.5, 0.6) is 11.5 Å². The number of nitrogens with zero attached hydrogens (tertiary/aromatic N) is 2. The molecule has 0 aliphatic carbocycles. The minimum absolute atomic E-state index is 0.0244. The van der Waals surface area contributed by atoms with Gasteiger partial charge in [0.1, 0.15) is 11.5 Å². The van der Waals surface area contributed by atoms with E-state index in [2.05, 4.69) is 16.3 Å². The summed E-state index contributed by atoms with van der Waals surface area (Å²) in [5, 5.41) is 12.0. The Morgan fingerprint density at radius 2 is 1.76 bits per heavy atom. The van der Waals surface area contributed by atoms with Gasteiger partial charge in [0.05, 0.1) is 11.6 Å². The van der Waals surface area contributed by atoms with Crippen LogP contribution < -0.4 is 10.1 Å². The van der Waals surface area contributed by atoms with E-state index in [9.17, 15) is 4.79 Å². The Morgan fingerprint density at radius 1 is 1.08 bits per heavy atom. The first-order valence-electron chi connectivity index (χ1n) is 8.52. The van der Waals surface area contributed by atoms with E-state index in [0.29, 0.717) is 28.5 Å². The van der Waals surface area contributed by atoms with Gasteiger partial charge >= 0.3 is 0 Å². The molecule has 2 aromatic carbocycles. The second kappa shape index (κ2) is 6.58. The number of fused-ring (bicyclic) bond motifs is 2. The standard InChI is InChI=1S/C20H19N3O2/c21-11-14-1-5-17(6-2-14)25-18-7-3-15(4-8-18)20(24)22-19-13-23-10-9-16(19)12-23/h1-8,16,19H,9-10,12-13H2,(H,22,24). The first kappa shape index (κ1) is 15.7. The molecule has 2 saturated heterocycles. The van der Waals surface area contributed by atoms with Crippen LogP contribution in [0.2, 0.25) is 0 Å². The maximum absolute atomic E-state index is 12.4. The molecule has 3 unspecified atom stereocenters. The zero-order valence-corrected chi connectivity index (χ0v) is 13.8. The second-order valence-electron chi connectivity index (χ2n) is 6.65. The third-order valence-corrected chi connectivity index (χ3v) is 4.98. The highest BCUT2D eigenvalue weighted by molar-refractivity contribution is 5.94. The van der Waals surface area contributed by atoms with Gasteiger partial charge in [0, 0.05) is 24.7 Å². The van der Waals surface area contributed by atoms with E-state index in [1.807, 2.05) is 0 Å². The molecule has 4 rings (SSSR count). The number of nitriles is 1. The van der Waals surface area contributed by atoms with E-state index in [1.165, 1.54) is 13.0 Å². The third kappa shape index (κ3) is 3.35. The molecule has 0 aromatic heterocycles. The largest absolute Gasteiger partial charge is 0.457 e. The molecule has 3 atom stereocenters. The molecule has 2 heterocycles. The smallest absolute Gasteiger partial charge is 0.251 e. The molecule has 2 aliphatic heterocycles. The quantitative estimate of drug-likeness (QED) is 0.934. The van der Waals surface area contributed by atoms with Crippen LogP contribution in [0, 0.1) is 17.2 Å². The molecule has 5 heteroatoms. The molecule has 25 heavy (non-hydrogen) atoms. The fraction of sp³-hybridized carbons (Fsp3) is 0.300. The molecule has 5 nitrogen and oxygen atoms in total. The van der Waals surface area contributed by atoms with Gasteiger partial charge in [-0.1, -0.05) is 0 Å². The van der Waals surface area contributed by atoms with Gasteiger partial charge in [-0.05, 0) is 67.4 Å². The summed E-state index contributed by atoms with van der Waals surface area (Å²) < 4.78 is 5.74. The Balaban J connectivity index is 1.37. The van der Waals surface area contributed by atoms with Crippen LogP contribution in [0.4, 0.5) is 0 Å². The van der Waals surface area contributed by atoms with Gasteiger partial charge in [0.2, 0.25) is 0 Å². The fourth-order valence-corrected chi connectivity index (χ4v) is 3.61. The Morgan fingerprint density at radius 3 is 2.32 bits per heavy atom. The van der Waals surface area contributed by atoms with E-state index in [1.54, 1.807) is 48.5 Å². The molecule has 2 aliphatic rings. The highest BCUT2D eigenvalue weighted by Crippen LogP contribution is 2.28. The van der Waals surface area contributed by atoms with Crippen molar-refractivity contribution in [1.29, 1.82) is 5.26 Å². The van der Waals surface area contributed by atoms with E-state index >= 15 is 0 Å². The summed E-state index contributed by atoms with van der Waals surface area (Å²) in [4.78, 5) is 14.8. The van der Waals surface area contributed by atoms with E-state index in [0.717, 1.165) is 13.1 Å². The number of benzene rings is 2. The number of carbonyl (C=O) groups excluding carboxylic acids is 1. The molecule has 1 amide bonds. The summed E-state index contributed by atoms with van der Waals surface area (Å²) in [5.74, 6) is 1.89. The highest BCUT2D eigenvalue weighted by atomic mass is 16.5. The van der Waals surface area contributed by atoms with Crippen LogP contribution in [0.1, 0.15) is 22.3 Å². The predicted octanol–water partition coefficient (Wildman–Crippen LogP) is 2.78. The molecule has 2 bridgehead atoms. The zero-order valence-electron chi connectivity index (χ0n) is 13.8. The van der Waals surface area contributed by atoms with Crippen molar-refractivity contribution >= 4 is 5.91 Å². The number of hydrogen-bond acceptors (Lipinski definition) is 4. The normalized spacial score (nSPS) is 23.9. The summed E-state index contributed by atoms with van der Waals surface area (Å²) in [7, 11) is 0. The molecular formula is C20H19N3O2.